The molecule has 0 spiro atoms. The highest BCUT2D eigenvalue weighted by atomic mass is 16.3. The second kappa shape index (κ2) is 4.32. The molecule has 6 rings (SSSR count). The zero-order valence-electron chi connectivity index (χ0n) is 15.6. The molecule has 6 fully saturated rings. The Hall–Kier alpha value is -1.16. The number of carbonyl (C=O) groups excluding carboxylic acids is 1. The van der Waals surface area contributed by atoms with E-state index in [0.717, 1.165) is 0 Å². The maximum atomic E-state index is 13.3. The van der Waals surface area contributed by atoms with Crippen LogP contribution in [0.3, 0.4) is 0 Å². The predicted octanol–water partition coefficient (Wildman–Crippen LogP) is 0.273. The van der Waals surface area contributed by atoms with Crippen LogP contribution in [0.25, 0.3) is 0 Å². The summed E-state index contributed by atoms with van der Waals surface area (Å²) in [5.74, 6) is -0.516. The molecule has 0 aromatic rings. The lowest BCUT2D eigenvalue weighted by Gasteiger charge is -2.64. The van der Waals surface area contributed by atoms with Crippen LogP contribution in [0.1, 0.15) is 54.1 Å². The lowest BCUT2D eigenvalue weighted by molar-refractivity contribution is -0.234. The van der Waals surface area contributed by atoms with Crippen LogP contribution in [0.5, 0.6) is 0 Å². The van der Waals surface area contributed by atoms with Crippen LogP contribution < -0.4 is 5.73 Å². The molecule has 2 unspecified atom stereocenters. The van der Waals surface area contributed by atoms with Crippen molar-refractivity contribution in [2.45, 2.75) is 80.6 Å². The summed E-state index contributed by atoms with van der Waals surface area (Å²) in [6, 6.07) is 0.00381. The third kappa shape index (κ3) is 1.89. The van der Waals surface area contributed by atoms with Crippen molar-refractivity contribution in [3.8, 4) is 6.07 Å². The van der Waals surface area contributed by atoms with E-state index in [-0.39, 0.29) is 17.7 Å². The van der Waals surface area contributed by atoms with Gasteiger partial charge in [-0.2, -0.15) is 5.26 Å². The van der Waals surface area contributed by atoms with Crippen LogP contribution in [0.15, 0.2) is 0 Å². The van der Waals surface area contributed by atoms with E-state index in [4.69, 9.17) is 8.48 Å². The Kier molecular flexibility index (Phi) is 2.36. The number of rotatable bonds is 2. The first-order chi connectivity index (χ1) is 12.0. The molecule has 6 atom stereocenters. The molecule has 0 radical (unpaired) electrons. The van der Waals surface area contributed by atoms with Gasteiger partial charge in [0.1, 0.15) is 6.04 Å². The van der Waals surface area contributed by atoms with Crippen LogP contribution in [0.4, 0.5) is 0 Å². The molecule has 1 saturated heterocycles. The van der Waals surface area contributed by atoms with Gasteiger partial charge in [-0.3, -0.25) is 4.79 Å². The lowest BCUT2D eigenvalue weighted by atomic mass is 9.44. The van der Waals surface area contributed by atoms with Crippen LogP contribution in [0.2, 0.25) is 0 Å². The van der Waals surface area contributed by atoms with Crippen molar-refractivity contribution >= 4 is 5.91 Å². The Morgan fingerprint density at radius 2 is 1.96 bits per heavy atom. The number of piperidine rings is 1. The number of hydrogen-bond donors (Lipinski definition) is 3. The minimum atomic E-state index is -1.44. The quantitative estimate of drug-likeness (QED) is 0.628. The summed E-state index contributed by atoms with van der Waals surface area (Å²) < 4.78 is 16.0. The van der Waals surface area contributed by atoms with Gasteiger partial charge in [0.05, 0.1) is 23.3 Å². The molecule has 1 heterocycles. The Morgan fingerprint density at radius 3 is 2.54 bits per heavy atom. The average molecular weight is 334 g/mol. The van der Waals surface area contributed by atoms with Crippen LogP contribution in [-0.4, -0.2) is 50.3 Å². The van der Waals surface area contributed by atoms with Crippen molar-refractivity contribution in [1.29, 1.82) is 5.26 Å². The summed E-state index contributed by atoms with van der Waals surface area (Å²) in [5.41, 5.74) is 3.85. The molecular weight excluding hydrogens is 307 g/mol. The van der Waals surface area contributed by atoms with Gasteiger partial charge in [0.15, 0.2) is 0 Å². The van der Waals surface area contributed by atoms with Crippen molar-refractivity contribution in [1.82, 2.24) is 4.90 Å². The van der Waals surface area contributed by atoms with Crippen molar-refractivity contribution in [2.24, 2.45) is 23.0 Å². The van der Waals surface area contributed by atoms with Gasteiger partial charge in [-0.1, -0.05) is 0 Å². The molecule has 5 aliphatic carbocycles. The third-order valence-corrected chi connectivity index (χ3v) is 7.15. The number of nitrogens with zero attached hydrogens (tertiary/aromatic N) is 2. The van der Waals surface area contributed by atoms with Crippen LogP contribution in [0, 0.1) is 28.6 Å². The van der Waals surface area contributed by atoms with E-state index >= 15 is 0 Å². The summed E-state index contributed by atoms with van der Waals surface area (Å²) in [6.07, 6.45) is 2.06. The van der Waals surface area contributed by atoms with Gasteiger partial charge >= 0.3 is 0 Å². The summed E-state index contributed by atoms with van der Waals surface area (Å²) in [7, 11) is 0. The van der Waals surface area contributed by atoms with E-state index in [1.807, 2.05) is 0 Å². The standard InChI is InChI=1S/C18H25N3O3/c19-6-12-1-11-2-13(11)21(12)15(22)14(20)16-3-10-4-17(23,7-16)9-18(24,5-10)8-16/h10-14,23-24H,1-5,7-9,20H2/t10?,11-,12+,13+,14-,16?,17?,18?/m1/s1/i2+1D2. The first-order valence-electron chi connectivity index (χ1n) is 9.95. The smallest absolute Gasteiger partial charge is 0.241 e. The average Bonchev–Trinajstić information content (AvgIpc) is 2.88. The molecule has 4 N–H and O–H groups in total. The molecule has 0 aromatic carbocycles. The molecule has 4 bridgehead atoms. The van der Waals surface area contributed by atoms with E-state index in [1.165, 1.54) is 4.90 Å². The largest absolute Gasteiger partial charge is 0.390 e. The lowest BCUT2D eigenvalue weighted by Crippen LogP contribution is -2.69. The van der Waals surface area contributed by atoms with E-state index < -0.39 is 41.1 Å². The highest BCUT2D eigenvalue weighted by molar-refractivity contribution is 5.84. The van der Waals surface area contributed by atoms with Crippen LogP contribution in [-0.2, 0) is 4.79 Å². The number of likely N-dealkylation sites (tertiary alicyclic amines) is 1. The number of nitrogens with two attached hydrogens (primary N) is 1. The molecule has 24 heavy (non-hydrogen) atoms. The third-order valence-electron chi connectivity index (χ3n) is 7.15. The molecule has 1 aliphatic heterocycles. The zero-order chi connectivity index (χ0) is 18.7. The summed E-state index contributed by atoms with van der Waals surface area (Å²) in [6.45, 7) is 0. The fourth-order valence-corrected chi connectivity index (χ4v) is 6.77. The maximum Gasteiger partial charge on any atom is 0.241 e. The van der Waals surface area contributed by atoms with E-state index in [2.05, 4.69) is 6.07 Å². The Morgan fingerprint density at radius 1 is 1.29 bits per heavy atom. The first-order valence-corrected chi connectivity index (χ1v) is 8.95. The van der Waals surface area contributed by atoms with Gasteiger partial charge in [0.25, 0.3) is 0 Å². The van der Waals surface area contributed by atoms with Crippen molar-refractivity contribution < 1.29 is 17.7 Å². The Labute approximate surface area is 144 Å². The van der Waals surface area contributed by atoms with Gasteiger partial charge in [-0.05, 0) is 56.7 Å². The van der Waals surface area contributed by atoms with Crippen molar-refractivity contribution in [3.63, 3.8) is 0 Å². The fourth-order valence-electron chi connectivity index (χ4n) is 6.77. The number of aliphatic hydroxyl groups is 2. The number of fused-ring (bicyclic) bond motifs is 1. The number of carbonyl (C=O) groups is 1. The topological polar surface area (TPSA) is 111 Å². The molecule has 130 valence electrons. The summed E-state index contributed by atoms with van der Waals surface area (Å²) in [4.78, 5) is 14.7. The highest BCUT2D eigenvalue weighted by Gasteiger charge is 2.66. The molecule has 1 amide bonds. The summed E-state index contributed by atoms with van der Waals surface area (Å²) >= 11 is 0. The van der Waals surface area contributed by atoms with Gasteiger partial charge in [-0.25, -0.2) is 0 Å². The van der Waals surface area contributed by atoms with E-state index in [9.17, 15) is 20.3 Å². The zero-order valence-corrected chi connectivity index (χ0v) is 13.6. The van der Waals surface area contributed by atoms with Gasteiger partial charge in [0, 0.05) is 20.6 Å². The molecule has 5 saturated carbocycles. The van der Waals surface area contributed by atoms with Crippen molar-refractivity contribution in [2.75, 3.05) is 0 Å². The highest BCUT2D eigenvalue weighted by Crippen LogP contribution is 2.64. The van der Waals surface area contributed by atoms with Crippen molar-refractivity contribution in [3.05, 3.63) is 0 Å². The van der Waals surface area contributed by atoms with E-state index in [0.29, 0.717) is 44.9 Å². The Balaban J connectivity index is 1.46. The molecule has 6 nitrogen and oxygen atoms in total. The maximum absolute atomic E-state index is 13.3. The fraction of sp³-hybridized carbons (Fsp3) is 0.889. The predicted molar refractivity (Wildman–Crippen MR) is 84.3 cm³/mol. The second-order valence-electron chi connectivity index (χ2n) is 9.14. The second-order valence-corrected chi connectivity index (χ2v) is 9.14. The van der Waals surface area contributed by atoms with Gasteiger partial charge < -0.3 is 20.8 Å². The molecule has 0 aromatic heterocycles. The minimum Gasteiger partial charge on any atom is -0.390 e. The van der Waals surface area contributed by atoms with Gasteiger partial charge in [0.2, 0.25) is 5.91 Å². The molecule has 6 aliphatic rings. The van der Waals surface area contributed by atoms with Gasteiger partial charge in [-0.15, -0.1) is 0 Å². The van der Waals surface area contributed by atoms with Crippen LogP contribution >= 0.6 is 0 Å². The first kappa shape index (κ1) is 13.1. The number of nitriles is 1. The Bertz CT molecular complexity index is 720. The summed E-state index contributed by atoms with van der Waals surface area (Å²) in [5, 5.41) is 31.2. The molecule has 6 heteroatoms. The van der Waals surface area contributed by atoms with E-state index in [1.54, 1.807) is 0 Å². The SMILES string of the molecule is [2H][13C]1([2H])[C@H]2C[C@@H](C#N)N(C(=O)[C@@H](N)C34CC5CC(O)(CC(O)(C5)C3)C4)[C@H]21. The minimum absolute atomic E-state index is 0.158. The molecular formula is C18H25N3O3. The monoisotopic (exact) mass is 334 g/mol. The number of amides is 1. The normalized spacial score (nSPS) is 58.5. The number of hydrogen-bond acceptors (Lipinski definition) is 5.